The second kappa shape index (κ2) is 9.55. The van der Waals surface area contributed by atoms with Crippen molar-refractivity contribution < 1.29 is 9.53 Å². The number of unbranched alkanes of at least 4 members (excludes halogenated alkanes) is 3. The quantitative estimate of drug-likeness (QED) is 0.496. The minimum absolute atomic E-state index is 0.0950. The van der Waals surface area contributed by atoms with Crippen LogP contribution < -0.4 is 5.32 Å². The van der Waals surface area contributed by atoms with Crippen molar-refractivity contribution in [2.45, 2.75) is 78.2 Å². The van der Waals surface area contributed by atoms with E-state index in [0.29, 0.717) is 5.92 Å². The zero-order valence-electron chi connectivity index (χ0n) is 17.1. The van der Waals surface area contributed by atoms with Crippen molar-refractivity contribution >= 4 is 5.97 Å². The molecule has 1 fully saturated rings. The highest BCUT2D eigenvalue weighted by molar-refractivity contribution is 5.76. The Balaban J connectivity index is 2.37. The maximum atomic E-state index is 12.9. The van der Waals surface area contributed by atoms with Crippen molar-refractivity contribution in [3.8, 4) is 0 Å². The fraction of sp³-hybridized carbons (Fsp3) is 0.696. The first-order chi connectivity index (χ1) is 12.4. The van der Waals surface area contributed by atoms with Gasteiger partial charge >= 0.3 is 5.97 Å². The van der Waals surface area contributed by atoms with Crippen molar-refractivity contribution in [1.82, 2.24) is 5.32 Å². The summed E-state index contributed by atoms with van der Waals surface area (Å²) in [5, 5.41) is 3.53. The first-order valence-corrected chi connectivity index (χ1v) is 10.4. The van der Waals surface area contributed by atoms with Crippen molar-refractivity contribution in [1.29, 1.82) is 0 Å². The molecule has 2 atom stereocenters. The summed E-state index contributed by atoms with van der Waals surface area (Å²) in [6.07, 6.45) is 7.89. The van der Waals surface area contributed by atoms with Crippen LogP contribution in [0.2, 0.25) is 0 Å². The maximum absolute atomic E-state index is 12.9. The van der Waals surface area contributed by atoms with E-state index in [-0.39, 0.29) is 5.97 Å². The molecule has 0 saturated carbocycles. The van der Waals surface area contributed by atoms with Crippen LogP contribution in [-0.4, -0.2) is 19.1 Å². The number of carbonyl (C=O) groups is 1. The molecule has 1 saturated heterocycles. The summed E-state index contributed by atoms with van der Waals surface area (Å²) in [5.74, 6) is 0.231. The number of carbonyl (C=O) groups excluding carboxylic acids is 1. The van der Waals surface area contributed by atoms with Crippen LogP contribution in [0.3, 0.4) is 0 Å². The second-order valence-electron chi connectivity index (χ2n) is 8.75. The molecule has 0 bridgehead atoms. The number of rotatable bonds is 8. The Labute approximate surface area is 159 Å². The van der Waals surface area contributed by atoms with Crippen molar-refractivity contribution in [3.05, 3.63) is 35.9 Å². The first-order valence-electron chi connectivity index (χ1n) is 10.4. The van der Waals surface area contributed by atoms with Gasteiger partial charge in [0.15, 0.2) is 0 Å². The van der Waals surface area contributed by atoms with E-state index in [4.69, 9.17) is 4.74 Å². The molecule has 1 aromatic rings. The fourth-order valence-corrected chi connectivity index (χ4v) is 3.88. The summed E-state index contributed by atoms with van der Waals surface area (Å²) in [5.41, 5.74) is 0.140. The van der Waals surface area contributed by atoms with E-state index in [1.807, 2.05) is 26.8 Å². The summed E-state index contributed by atoms with van der Waals surface area (Å²) < 4.78 is 6.43. The average Bonchev–Trinajstić information content (AvgIpc) is 2.65. The Morgan fingerprint density at radius 1 is 1.15 bits per heavy atom. The third-order valence-electron chi connectivity index (χ3n) is 5.51. The minimum Gasteiger partial charge on any atom is -0.453 e. The Morgan fingerprint density at radius 3 is 2.46 bits per heavy atom. The molecule has 26 heavy (non-hydrogen) atoms. The topological polar surface area (TPSA) is 38.3 Å². The van der Waals surface area contributed by atoms with Gasteiger partial charge in [-0.05, 0) is 58.6 Å². The standard InChI is InChI=1S/C23H37NO2/c1-5-6-7-11-16-23(19-13-9-8-10-14-19,20-15-12-17-24-18-20)26-21(25)22(2,3)4/h8-10,13-14,20,24H,5-7,11-12,15-18H2,1-4H3. The summed E-state index contributed by atoms with van der Waals surface area (Å²) in [4.78, 5) is 12.9. The largest absolute Gasteiger partial charge is 0.453 e. The Morgan fingerprint density at radius 2 is 1.88 bits per heavy atom. The molecular weight excluding hydrogens is 322 g/mol. The number of ether oxygens (including phenoxy) is 1. The zero-order chi connectivity index (χ0) is 19.0. The van der Waals surface area contributed by atoms with Gasteiger partial charge in [-0.3, -0.25) is 4.79 Å². The number of nitrogens with one attached hydrogen (secondary N) is 1. The molecule has 3 nitrogen and oxygen atoms in total. The highest BCUT2D eigenvalue weighted by Crippen LogP contribution is 2.43. The molecule has 1 heterocycles. The van der Waals surface area contributed by atoms with Crippen LogP contribution in [0.4, 0.5) is 0 Å². The Bertz CT molecular complexity index is 543. The Kier molecular flexibility index (Phi) is 7.69. The van der Waals surface area contributed by atoms with Gasteiger partial charge in [0.05, 0.1) is 5.41 Å². The van der Waals surface area contributed by atoms with Gasteiger partial charge < -0.3 is 10.1 Å². The van der Waals surface area contributed by atoms with Gasteiger partial charge in [0.25, 0.3) is 0 Å². The third-order valence-corrected chi connectivity index (χ3v) is 5.51. The lowest BCUT2D eigenvalue weighted by Gasteiger charge is -2.44. The van der Waals surface area contributed by atoms with E-state index in [2.05, 4.69) is 36.5 Å². The molecule has 0 amide bonds. The fourth-order valence-electron chi connectivity index (χ4n) is 3.88. The summed E-state index contributed by atoms with van der Waals surface area (Å²) in [6.45, 7) is 10.0. The molecule has 1 aliphatic rings. The molecule has 1 aliphatic heterocycles. The van der Waals surface area contributed by atoms with Gasteiger partial charge in [-0.15, -0.1) is 0 Å². The van der Waals surface area contributed by atoms with Crippen molar-refractivity contribution in [3.63, 3.8) is 0 Å². The van der Waals surface area contributed by atoms with E-state index >= 15 is 0 Å². The molecule has 0 aliphatic carbocycles. The van der Waals surface area contributed by atoms with Crippen LogP contribution in [-0.2, 0) is 15.1 Å². The Hall–Kier alpha value is -1.35. The smallest absolute Gasteiger partial charge is 0.312 e. The number of hydrogen-bond donors (Lipinski definition) is 1. The normalized spacial score (nSPS) is 20.4. The number of esters is 1. The van der Waals surface area contributed by atoms with Crippen LogP contribution in [0.1, 0.15) is 78.2 Å². The monoisotopic (exact) mass is 359 g/mol. The summed E-state index contributed by atoms with van der Waals surface area (Å²) >= 11 is 0. The second-order valence-corrected chi connectivity index (χ2v) is 8.75. The average molecular weight is 360 g/mol. The van der Waals surface area contributed by atoms with Gasteiger partial charge in [0.2, 0.25) is 0 Å². The number of piperidine rings is 1. The van der Waals surface area contributed by atoms with Crippen LogP contribution in [0, 0.1) is 11.3 Å². The van der Waals surface area contributed by atoms with E-state index in [1.165, 1.54) is 19.3 Å². The molecule has 1 N–H and O–H groups in total. The van der Waals surface area contributed by atoms with Crippen LogP contribution in [0.25, 0.3) is 0 Å². The number of benzene rings is 1. The molecule has 0 radical (unpaired) electrons. The van der Waals surface area contributed by atoms with Gasteiger partial charge in [-0.25, -0.2) is 0 Å². The lowest BCUT2D eigenvalue weighted by Crippen LogP contribution is -2.48. The first kappa shape index (κ1) is 21.0. The molecule has 146 valence electrons. The predicted molar refractivity (Wildman–Crippen MR) is 108 cm³/mol. The van der Waals surface area contributed by atoms with E-state index in [1.54, 1.807) is 0 Å². The van der Waals surface area contributed by atoms with E-state index in [0.717, 1.165) is 44.3 Å². The SMILES string of the molecule is CCCCCCC(OC(=O)C(C)(C)C)(c1ccccc1)C1CCCNC1. The van der Waals surface area contributed by atoms with Crippen LogP contribution >= 0.6 is 0 Å². The van der Waals surface area contributed by atoms with Crippen LogP contribution in [0.5, 0.6) is 0 Å². The lowest BCUT2D eigenvalue weighted by atomic mass is 9.73. The predicted octanol–water partition coefficient (Wildman–Crippen LogP) is 5.44. The van der Waals surface area contributed by atoms with Gasteiger partial charge in [-0.2, -0.15) is 0 Å². The van der Waals surface area contributed by atoms with Gasteiger partial charge in [0.1, 0.15) is 5.60 Å². The van der Waals surface area contributed by atoms with Crippen molar-refractivity contribution in [2.24, 2.45) is 11.3 Å². The minimum atomic E-state index is -0.521. The summed E-state index contributed by atoms with van der Waals surface area (Å²) in [7, 11) is 0. The third kappa shape index (κ3) is 5.33. The molecule has 1 aromatic carbocycles. The number of hydrogen-bond acceptors (Lipinski definition) is 3. The molecule has 0 aromatic heterocycles. The molecule has 2 unspecified atom stereocenters. The highest BCUT2D eigenvalue weighted by Gasteiger charge is 2.45. The molecule has 2 rings (SSSR count). The van der Waals surface area contributed by atoms with E-state index < -0.39 is 11.0 Å². The zero-order valence-corrected chi connectivity index (χ0v) is 17.1. The maximum Gasteiger partial charge on any atom is 0.312 e. The molecule has 3 heteroatoms. The lowest BCUT2D eigenvalue weighted by molar-refractivity contribution is -0.181. The van der Waals surface area contributed by atoms with Gasteiger partial charge in [-0.1, -0.05) is 56.5 Å². The van der Waals surface area contributed by atoms with Crippen LogP contribution in [0.15, 0.2) is 30.3 Å². The van der Waals surface area contributed by atoms with Gasteiger partial charge in [0, 0.05) is 12.5 Å². The molecular formula is C23H37NO2. The van der Waals surface area contributed by atoms with E-state index in [9.17, 15) is 4.79 Å². The molecule has 0 spiro atoms. The van der Waals surface area contributed by atoms with Crippen molar-refractivity contribution in [2.75, 3.05) is 13.1 Å². The summed E-state index contributed by atoms with van der Waals surface area (Å²) in [6, 6.07) is 10.5. The highest BCUT2D eigenvalue weighted by atomic mass is 16.6.